The minimum atomic E-state index is -0.914. The van der Waals surface area contributed by atoms with E-state index in [0.717, 1.165) is 33.4 Å². The van der Waals surface area contributed by atoms with Crippen LogP contribution in [-0.4, -0.2) is 29.8 Å². The van der Waals surface area contributed by atoms with E-state index in [4.69, 9.17) is 4.74 Å². The Kier molecular flexibility index (Phi) is 6.20. The van der Waals surface area contributed by atoms with Crippen LogP contribution < -0.4 is 5.32 Å². The number of fused-ring (bicyclic) bond motifs is 3. The largest absolute Gasteiger partial charge is 0.481 e. The zero-order valence-corrected chi connectivity index (χ0v) is 20.9. The topological polar surface area (TPSA) is 75.6 Å². The van der Waals surface area contributed by atoms with E-state index < -0.39 is 29.4 Å². The van der Waals surface area contributed by atoms with Gasteiger partial charge in [-0.1, -0.05) is 109 Å². The van der Waals surface area contributed by atoms with Gasteiger partial charge >= 0.3 is 12.1 Å². The van der Waals surface area contributed by atoms with Gasteiger partial charge in [0, 0.05) is 17.4 Å². The van der Waals surface area contributed by atoms with Gasteiger partial charge in [-0.3, -0.25) is 4.79 Å². The minimum Gasteiger partial charge on any atom is -0.481 e. The molecule has 1 fully saturated rings. The number of nitrogens with one attached hydrogen (secondary N) is 1. The maximum absolute atomic E-state index is 13.1. The fraction of sp³-hybridized carbons (Fsp3) is 0.212. The predicted octanol–water partition coefficient (Wildman–Crippen LogP) is 6.37. The lowest BCUT2D eigenvalue weighted by Gasteiger charge is -2.31. The predicted molar refractivity (Wildman–Crippen MR) is 146 cm³/mol. The van der Waals surface area contributed by atoms with Crippen molar-refractivity contribution in [1.29, 1.82) is 0 Å². The van der Waals surface area contributed by atoms with Gasteiger partial charge in [-0.15, -0.1) is 0 Å². The Hall–Kier alpha value is -4.38. The van der Waals surface area contributed by atoms with Crippen molar-refractivity contribution in [3.63, 3.8) is 0 Å². The van der Waals surface area contributed by atoms with Crippen LogP contribution in [0.1, 0.15) is 41.0 Å². The highest BCUT2D eigenvalue weighted by Crippen LogP contribution is 2.49. The lowest BCUT2D eigenvalue weighted by molar-refractivity contribution is -0.142. The number of rotatable bonds is 6. The molecule has 0 bridgehead atoms. The van der Waals surface area contributed by atoms with E-state index in [1.165, 1.54) is 0 Å². The van der Waals surface area contributed by atoms with Crippen molar-refractivity contribution in [2.45, 2.75) is 30.2 Å². The Morgan fingerprint density at radius 2 is 1.24 bits per heavy atom. The van der Waals surface area contributed by atoms with Crippen LogP contribution in [0.4, 0.5) is 4.79 Å². The molecule has 2 N–H and O–H groups in total. The number of amides is 1. The number of hydrogen-bond acceptors (Lipinski definition) is 3. The molecule has 5 nitrogen and oxygen atoms in total. The highest BCUT2D eigenvalue weighted by atomic mass is 16.5. The fourth-order valence-corrected chi connectivity index (χ4v) is 6.47. The lowest BCUT2D eigenvalue weighted by Crippen LogP contribution is -2.41. The third kappa shape index (κ3) is 4.14. The van der Waals surface area contributed by atoms with E-state index in [2.05, 4.69) is 29.6 Å². The molecule has 0 aliphatic heterocycles. The van der Waals surface area contributed by atoms with Crippen molar-refractivity contribution in [3.8, 4) is 11.1 Å². The normalized spacial score (nSPS) is 19.4. The molecule has 0 radical (unpaired) electrons. The second-order valence-electron chi connectivity index (χ2n) is 10.2. The van der Waals surface area contributed by atoms with Gasteiger partial charge in [0.05, 0.1) is 5.92 Å². The number of ether oxygens (including phenoxy) is 1. The maximum Gasteiger partial charge on any atom is 0.407 e. The number of carboxylic acids is 1. The molecule has 6 rings (SSSR count). The minimum absolute atomic E-state index is 0.0558. The quantitative estimate of drug-likeness (QED) is 0.320. The first kappa shape index (κ1) is 24.0. The van der Waals surface area contributed by atoms with Crippen molar-refractivity contribution in [3.05, 3.63) is 131 Å². The van der Waals surface area contributed by atoms with E-state index >= 15 is 0 Å². The standard InChI is InChI=1S/C33H29NO4/c35-31(36)28-19-33(22-11-3-1-4-12-22,23-13-5-2-6-14-23)20-30(28)34-32(37)38-21-29-26-17-9-7-15-24(26)25-16-8-10-18-27(25)29/h1-18,28-30H,19-21H2,(H,34,37)(H,35,36)/t28-,30-/m0/s1. The summed E-state index contributed by atoms with van der Waals surface area (Å²) in [6, 6.07) is 35.8. The first-order valence-electron chi connectivity index (χ1n) is 13.0. The summed E-state index contributed by atoms with van der Waals surface area (Å²) in [7, 11) is 0. The second-order valence-corrected chi connectivity index (χ2v) is 10.2. The SMILES string of the molecule is O=C(N[C@H]1CC(c2ccccc2)(c2ccccc2)C[C@@H]1C(=O)O)OCC1c2ccccc2-c2ccccc21. The third-order valence-electron chi connectivity index (χ3n) is 8.24. The van der Waals surface area contributed by atoms with E-state index in [9.17, 15) is 14.7 Å². The Morgan fingerprint density at radius 3 is 1.76 bits per heavy atom. The van der Waals surface area contributed by atoms with Crippen LogP contribution in [-0.2, 0) is 14.9 Å². The fourth-order valence-electron chi connectivity index (χ4n) is 6.47. The van der Waals surface area contributed by atoms with Crippen LogP contribution >= 0.6 is 0 Å². The van der Waals surface area contributed by atoms with Crippen LogP contribution in [0, 0.1) is 5.92 Å². The Morgan fingerprint density at radius 1 is 0.737 bits per heavy atom. The van der Waals surface area contributed by atoms with Crippen molar-refractivity contribution in [1.82, 2.24) is 5.32 Å². The zero-order chi connectivity index (χ0) is 26.1. The van der Waals surface area contributed by atoms with Crippen LogP contribution in [0.15, 0.2) is 109 Å². The maximum atomic E-state index is 13.1. The van der Waals surface area contributed by atoms with Gasteiger partial charge in [0.25, 0.3) is 0 Å². The van der Waals surface area contributed by atoms with E-state index in [1.807, 2.05) is 84.9 Å². The van der Waals surface area contributed by atoms with Gasteiger partial charge in [0.1, 0.15) is 6.61 Å². The number of carbonyl (C=O) groups excluding carboxylic acids is 1. The molecule has 0 unspecified atom stereocenters. The molecule has 1 amide bonds. The number of carboxylic acid groups (broad SMARTS) is 1. The van der Waals surface area contributed by atoms with Gasteiger partial charge in [-0.25, -0.2) is 4.79 Å². The van der Waals surface area contributed by atoms with Gasteiger partial charge in [-0.2, -0.15) is 0 Å². The molecule has 0 spiro atoms. The van der Waals surface area contributed by atoms with Gasteiger partial charge in [0.15, 0.2) is 0 Å². The Bertz CT molecular complexity index is 1380. The number of carbonyl (C=O) groups is 2. The molecule has 4 aromatic rings. The molecule has 4 aromatic carbocycles. The lowest BCUT2D eigenvalue weighted by atomic mass is 9.72. The van der Waals surface area contributed by atoms with Crippen LogP contribution in [0.2, 0.25) is 0 Å². The molecule has 0 aromatic heterocycles. The number of benzene rings is 4. The van der Waals surface area contributed by atoms with Crippen molar-refractivity contribution in [2.24, 2.45) is 5.92 Å². The Balaban J connectivity index is 1.23. The first-order chi connectivity index (χ1) is 18.6. The number of aliphatic carboxylic acids is 1. The van der Waals surface area contributed by atoms with Gasteiger partial charge < -0.3 is 15.2 Å². The van der Waals surface area contributed by atoms with Crippen molar-refractivity contribution < 1.29 is 19.4 Å². The summed E-state index contributed by atoms with van der Waals surface area (Å²) in [5, 5.41) is 13.1. The molecule has 38 heavy (non-hydrogen) atoms. The monoisotopic (exact) mass is 503 g/mol. The molecule has 0 saturated heterocycles. The highest BCUT2D eigenvalue weighted by Gasteiger charge is 2.50. The van der Waals surface area contributed by atoms with Crippen molar-refractivity contribution in [2.75, 3.05) is 6.61 Å². The second kappa shape index (κ2) is 9.82. The Labute approximate surface area is 222 Å². The smallest absolute Gasteiger partial charge is 0.407 e. The molecular formula is C33H29NO4. The van der Waals surface area contributed by atoms with E-state index in [-0.39, 0.29) is 12.5 Å². The van der Waals surface area contributed by atoms with Gasteiger partial charge in [-0.05, 0) is 46.2 Å². The average molecular weight is 504 g/mol. The molecular weight excluding hydrogens is 474 g/mol. The van der Waals surface area contributed by atoms with Gasteiger partial charge in [0.2, 0.25) is 0 Å². The summed E-state index contributed by atoms with van der Waals surface area (Å²) < 4.78 is 5.77. The van der Waals surface area contributed by atoms with E-state index in [0.29, 0.717) is 12.8 Å². The zero-order valence-electron chi connectivity index (χ0n) is 20.9. The first-order valence-corrected chi connectivity index (χ1v) is 13.0. The van der Waals surface area contributed by atoms with E-state index in [1.54, 1.807) is 0 Å². The molecule has 2 aliphatic rings. The summed E-state index contributed by atoms with van der Waals surface area (Å²) >= 11 is 0. The molecule has 1 saturated carbocycles. The number of alkyl carbamates (subject to hydrolysis) is 1. The summed E-state index contributed by atoms with van der Waals surface area (Å²) in [6.07, 6.45) is 0.285. The van der Waals surface area contributed by atoms with Crippen LogP contribution in [0.25, 0.3) is 11.1 Å². The van der Waals surface area contributed by atoms with Crippen molar-refractivity contribution >= 4 is 12.1 Å². The van der Waals surface area contributed by atoms with Crippen LogP contribution in [0.3, 0.4) is 0 Å². The molecule has 2 atom stereocenters. The summed E-state index contributed by atoms with van der Waals surface area (Å²) in [4.78, 5) is 25.5. The molecule has 190 valence electrons. The van der Waals surface area contributed by atoms with Crippen LogP contribution in [0.5, 0.6) is 0 Å². The number of hydrogen-bond donors (Lipinski definition) is 2. The summed E-state index contributed by atoms with van der Waals surface area (Å²) in [5.41, 5.74) is 6.18. The average Bonchev–Trinajstić information content (AvgIpc) is 3.50. The molecule has 0 heterocycles. The summed E-state index contributed by atoms with van der Waals surface area (Å²) in [6.45, 7) is 0.187. The molecule has 5 heteroatoms. The summed E-state index contributed by atoms with van der Waals surface area (Å²) in [5.74, 6) is -1.71. The molecule has 2 aliphatic carbocycles. The highest BCUT2D eigenvalue weighted by molar-refractivity contribution is 5.79. The third-order valence-corrected chi connectivity index (χ3v) is 8.24.